The van der Waals surface area contributed by atoms with Gasteiger partial charge in [0.15, 0.2) is 0 Å². The lowest BCUT2D eigenvalue weighted by Crippen LogP contribution is -2.63. The molecule has 3 aliphatic heterocycles. The van der Waals surface area contributed by atoms with Gasteiger partial charge in [-0.15, -0.1) is 6.58 Å². The molecule has 5 fully saturated rings. The smallest absolute Gasteiger partial charge is 0.315 e. The van der Waals surface area contributed by atoms with E-state index in [1.54, 1.807) is 6.92 Å². The summed E-state index contributed by atoms with van der Waals surface area (Å²) in [6.07, 6.45) is 6.80. The average molecular weight is 741 g/mol. The van der Waals surface area contributed by atoms with Gasteiger partial charge in [0, 0.05) is 38.1 Å². The van der Waals surface area contributed by atoms with E-state index in [-0.39, 0.29) is 67.0 Å². The second kappa shape index (κ2) is 16.3. The first kappa shape index (κ1) is 40.4. The topological polar surface area (TPSA) is 183 Å². The van der Waals surface area contributed by atoms with Gasteiger partial charge in [0.05, 0.1) is 18.2 Å². The fraction of sp³-hybridized carbons (Fsp3) is 0.769. The Labute approximate surface area is 313 Å². The van der Waals surface area contributed by atoms with Gasteiger partial charge in [-0.05, 0) is 61.7 Å². The number of carbonyl (C=O) groups is 7. The molecule has 5 rings (SSSR count). The molecule has 3 heterocycles. The molecule has 0 radical (unpaired) electrons. The molecule has 9 atom stereocenters. The van der Waals surface area contributed by atoms with Crippen molar-refractivity contribution >= 4 is 41.4 Å². The minimum atomic E-state index is -1.17. The molecular formula is C39H60N6O8. The molecule has 0 aromatic carbocycles. The molecule has 4 N–H and O–H groups in total. The quantitative estimate of drug-likeness (QED) is 0.166. The van der Waals surface area contributed by atoms with Crippen molar-refractivity contribution in [2.45, 2.75) is 130 Å². The Balaban J connectivity index is 1.37. The lowest BCUT2D eigenvalue weighted by molar-refractivity contribution is -0.153. The van der Waals surface area contributed by atoms with E-state index in [9.17, 15) is 33.6 Å². The summed E-state index contributed by atoms with van der Waals surface area (Å²) in [7, 11) is 0. The highest BCUT2D eigenvalue weighted by molar-refractivity contribution is 6.38. The predicted molar refractivity (Wildman–Crippen MR) is 196 cm³/mol. The highest BCUT2D eigenvalue weighted by Crippen LogP contribution is 2.65. The predicted octanol–water partition coefficient (Wildman–Crippen LogP) is 2.45. The van der Waals surface area contributed by atoms with Crippen LogP contribution in [0.4, 0.5) is 4.79 Å². The number of likely N-dealkylation sites (tertiary alicyclic amines) is 1. The van der Waals surface area contributed by atoms with Crippen LogP contribution in [-0.2, 0) is 33.5 Å². The standard InChI is InChI=1S/C39H60N6O8/c1-8-17-40-33(48)31(46)26-14-12-10-9-11-13-18-53-22(2)29(36(51)44-20-25-28(39(25,6)7)30(44)32(47)41-26)43-37(52)42-27(38(3,4)5)21-45-34(49)23-15-16-24(19-23)35(45)50/h8,22-30H,1,9-21H2,2-7H3,(H,40,48)(H,41,47)(H2,42,43,52)/t22-,23-,24+,25-,26-,27+,28-,29-,30-/m0/s1. The van der Waals surface area contributed by atoms with Crippen LogP contribution in [0, 0.1) is 34.5 Å². The van der Waals surface area contributed by atoms with Gasteiger partial charge < -0.3 is 30.9 Å². The largest absolute Gasteiger partial charge is 0.376 e. The second-order valence-electron chi connectivity index (χ2n) is 17.5. The van der Waals surface area contributed by atoms with Crippen molar-refractivity contribution in [1.29, 1.82) is 0 Å². The number of ether oxygens (including phenoxy) is 1. The summed E-state index contributed by atoms with van der Waals surface area (Å²) in [6.45, 7) is 15.9. The number of amides is 7. The Morgan fingerprint density at radius 3 is 2.26 bits per heavy atom. The maximum Gasteiger partial charge on any atom is 0.315 e. The molecule has 0 aromatic heterocycles. The molecule has 294 valence electrons. The average Bonchev–Trinajstić information content (AvgIpc) is 3.48. The first-order valence-corrected chi connectivity index (χ1v) is 19.5. The molecule has 0 aromatic rings. The van der Waals surface area contributed by atoms with E-state index < -0.39 is 65.2 Å². The van der Waals surface area contributed by atoms with Gasteiger partial charge in [-0.2, -0.15) is 0 Å². The van der Waals surface area contributed by atoms with Crippen LogP contribution in [0.15, 0.2) is 12.7 Å². The molecule has 2 bridgehead atoms. The summed E-state index contributed by atoms with van der Waals surface area (Å²) in [6, 6.07) is -4.42. The van der Waals surface area contributed by atoms with Gasteiger partial charge in [0.25, 0.3) is 5.91 Å². The molecule has 3 saturated heterocycles. The summed E-state index contributed by atoms with van der Waals surface area (Å²) in [5.74, 6) is -3.43. The fourth-order valence-corrected chi connectivity index (χ4v) is 8.87. The number of rotatable bonds is 8. The molecular weight excluding hydrogens is 680 g/mol. The number of hydrogen-bond acceptors (Lipinski definition) is 8. The maximum atomic E-state index is 14.6. The molecule has 14 nitrogen and oxygen atoms in total. The van der Waals surface area contributed by atoms with Crippen molar-refractivity contribution in [3.05, 3.63) is 12.7 Å². The van der Waals surface area contributed by atoms with Crippen molar-refractivity contribution in [2.24, 2.45) is 34.5 Å². The lowest BCUT2D eigenvalue weighted by Gasteiger charge is -2.39. The normalized spacial score (nSPS) is 32.6. The number of imide groups is 1. The highest BCUT2D eigenvalue weighted by atomic mass is 16.5. The minimum absolute atomic E-state index is 0.0184. The zero-order chi connectivity index (χ0) is 38.8. The van der Waals surface area contributed by atoms with E-state index in [2.05, 4.69) is 27.8 Å². The fourth-order valence-electron chi connectivity index (χ4n) is 8.87. The molecule has 7 amide bonds. The Bertz CT molecular complexity index is 1450. The van der Waals surface area contributed by atoms with Crippen LogP contribution in [0.3, 0.4) is 0 Å². The zero-order valence-electron chi connectivity index (χ0n) is 32.3. The number of nitrogens with one attached hydrogen (secondary N) is 4. The van der Waals surface area contributed by atoms with Crippen molar-refractivity contribution in [3.8, 4) is 0 Å². The Morgan fingerprint density at radius 1 is 0.981 bits per heavy atom. The monoisotopic (exact) mass is 740 g/mol. The van der Waals surface area contributed by atoms with Crippen LogP contribution >= 0.6 is 0 Å². The highest BCUT2D eigenvalue weighted by Gasteiger charge is 2.69. The third kappa shape index (κ3) is 8.78. The molecule has 2 saturated carbocycles. The Kier molecular flexibility index (Phi) is 12.4. The summed E-state index contributed by atoms with van der Waals surface area (Å²) >= 11 is 0. The minimum Gasteiger partial charge on any atom is -0.376 e. The van der Waals surface area contributed by atoms with Crippen LogP contribution < -0.4 is 21.3 Å². The van der Waals surface area contributed by atoms with Gasteiger partial charge in [-0.25, -0.2) is 4.79 Å². The van der Waals surface area contributed by atoms with E-state index in [0.29, 0.717) is 32.3 Å². The Hall–Kier alpha value is -3.81. The number of Topliss-reactive ketones (excluding diaryl/α,β-unsaturated/α-hetero) is 1. The number of nitrogens with zero attached hydrogens (tertiary/aromatic N) is 2. The number of carbonyl (C=O) groups excluding carboxylic acids is 7. The Morgan fingerprint density at radius 2 is 1.62 bits per heavy atom. The molecule has 0 unspecified atom stereocenters. The van der Waals surface area contributed by atoms with Crippen LogP contribution in [0.5, 0.6) is 0 Å². The third-order valence-corrected chi connectivity index (χ3v) is 12.4. The van der Waals surface area contributed by atoms with Crippen molar-refractivity contribution in [1.82, 2.24) is 31.1 Å². The van der Waals surface area contributed by atoms with Gasteiger partial charge in [-0.1, -0.05) is 66.4 Å². The van der Waals surface area contributed by atoms with Gasteiger partial charge in [-0.3, -0.25) is 33.7 Å². The van der Waals surface area contributed by atoms with Gasteiger partial charge in [0.1, 0.15) is 12.1 Å². The number of piperidine rings is 2. The summed E-state index contributed by atoms with van der Waals surface area (Å²) in [4.78, 5) is 97.8. The van der Waals surface area contributed by atoms with Crippen molar-refractivity contribution in [3.63, 3.8) is 0 Å². The van der Waals surface area contributed by atoms with E-state index in [4.69, 9.17) is 4.74 Å². The number of fused-ring (bicyclic) bond motifs is 5. The zero-order valence-corrected chi connectivity index (χ0v) is 32.3. The molecule has 5 aliphatic rings. The van der Waals surface area contributed by atoms with E-state index in [1.165, 1.54) is 15.9 Å². The SMILES string of the molecule is C=CCNC(=O)C(=O)[C@@H]1CCCCCCCO[C@@H](C)[C@H](NC(=O)N[C@H](CN2C(=O)[C@@H]3CC[C@@H](C3)C2=O)C(C)(C)C)C(=O)N2C[C@H]3[C@@H]([C@H]2C(=O)N1)C3(C)C. The number of ketones is 1. The molecule has 0 spiro atoms. The molecule has 53 heavy (non-hydrogen) atoms. The van der Waals surface area contributed by atoms with Crippen molar-refractivity contribution in [2.75, 3.05) is 26.2 Å². The van der Waals surface area contributed by atoms with E-state index >= 15 is 0 Å². The van der Waals surface area contributed by atoms with Crippen molar-refractivity contribution < 1.29 is 38.3 Å². The van der Waals surface area contributed by atoms with E-state index in [1.807, 2.05) is 34.6 Å². The van der Waals surface area contributed by atoms with Gasteiger partial charge in [0.2, 0.25) is 29.4 Å². The van der Waals surface area contributed by atoms with Gasteiger partial charge >= 0.3 is 6.03 Å². The molecule has 14 heteroatoms. The number of urea groups is 1. The summed E-state index contributed by atoms with van der Waals surface area (Å²) in [5.41, 5.74) is -0.784. The van der Waals surface area contributed by atoms with Crippen LogP contribution in [-0.4, -0.2) is 108 Å². The summed E-state index contributed by atoms with van der Waals surface area (Å²) < 4.78 is 6.16. The van der Waals surface area contributed by atoms with E-state index in [0.717, 1.165) is 25.7 Å². The van der Waals surface area contributed by atoms with Crippen LogP contribution in [0.25, 0.3) is 0 Å². The van der Waals surface area contributed by atoms with Crippen LogP contribution in [0.2, 0.25) is 0 Å². The first-order valence-electron chi connectivity index (χ1n) is 19.5. The number of hydrogen-bond donors (Lipinski definition) is 4. The third-order valence-electron chi connectivity index (χ3n) is 12.4. The lowest BCUT2D eigenvalue weighted by atomic mass is 9.85. The molecule has 2 aliphatic carbocycles. The summed E-state index contributed by atoms with van der Waals surface area (Å²) in [5, 5.41) is 11.2. The maximum absolute atomic E-state index is 14.6. The second-order valence-corrected chi connectivity index (χ2v) is 17.5. The van der Waals surface area contributed by atoms with Crippen LogP contribution in [0.1, 0.15) is 99.3 Å². The first-order chi connectivity index (χ1) is 25.0.